The summed E-state index contributed by atoms with van der Waals surface area (Å²) in [5, 5.41) is 0. The van der Waals surface area contributed by atoms with Crippen molar-refractivity contribution in [3.05, 3.63) is 35.1 Å². The van der Waals surface area contributed by atoms with Crippen molar-refractivity contribution in [2.45, 2.75) is 31.8 Å². The number of hydrogen-bond acceptors (Lipinski definition) is 2. The molecule has 0 bridgehead atoms. The van der Waals surface area contributed by atoms with Gasteiger partial charge in [-0.2, -0.15) is 0 Å². The van der Waals surface area contributed by atoms with E-state index in [1.54, 1.807) is 12.1 Å². The minimum Gasteiger partial charge on any atom is -0.389 e. The van der Waals surface area contributed by atoms with E-state index in [0.717, 1.165) is 5.56 Å². The Balaban J connectivity index is 2.13. The van der Waals surface area contributed by atoms with Gasteiger partial charge in [-0.05, 0) is 38.1 Å². The maximum atomic E-state index is 13.7. The number of nitrogens with zero attached hydrogens (tertiary/aromatic N) is 1. The highest BCUT2D eigenvalue weighted by Gasteiger charge is 2.22. The standard InChI is InChI=1S/C13H17FN2S/c1-16(11-3-2-4-11)8-10-7-9(13(15)17)5-6-12(10)14/h5-7,11H,2-4,8H2,1H3,(H2,15,17). The van der Waals surface area contributed by atoms with E-state index in [2.05, 4.69) is 4.90 Å². The molecule has 0 unspecified atom stereocenters. The van der Waals surface area contributed by atoms with Crippen molar-refractivity contribution in [3.63, 3.8) is 0 Å². The smallest absolute Gasteiger partial charge is 0.127 e. The van der Waals surface area contributed by atoms with Gasteiger partial charge in [-0.15, -0.1) is 0 Å². The van der Waals surface area contributed by atoms with Crippen molar-refractivity contribution in [2.75, 3.05) is 7.05 Å². The van der Waals surface area contributed by atoms with Crippen molar-refractivity contribution in [1.82, 2.24) is 4.90 Å². The van der Waals surface area contributed by atoms with E-state index in [1.165, 1.54) is 25.3 Å². The molecule has 17 heavy (non-hydrogen) atoms. The van der Waals surface area contributed by atoms with Gasteiger partial charge in [0.15, 0.2) is 0 Å². The third-order valence-corrected chi connectivity index (χ3v) is 3.68. The fourth-order valence-electron chi connectivity index (χ4n) is 2.07. The third-order valence-electron chi connectivity index (χ3n) is 3.45. The average Bonchev–Trinajstić information content (AvgIpc) is 2.18. The first-order valence-corrected chi connectivity index (χ1v) is 6.27. The molecule has 0 amide bonds. The molecule has 0 atom stereocenters. The Morgan fingerprint density at radius 3 is 2.76 bits per heavy atom. The molecule has 1 aromatic rings. The lowest BCUT2D eigenvalue weighted by atomic mass is 9.91. The molecule has 1 saturated carbocycles. The summed E-state index contributed by atoms with van der Waals surface area (Å²) in [7, 11) is 2.04. The van der Waals surface area contributed by atoms with Gasteiger partial charge >= 0.3 is 0 Å². The summed E-state index contributed by atoms with van der Waals surface area (Å²) in [6, 6.07) is 5.43. The predicted molar refractivity (Wildman–Crippen MR) is 71.4 cm³/mol. The molecule has 0 saturated heterocycles. The number of halogens is 1. The van der Waals surface area contributed by atoms with Crippen LogP contribution >= 0.6 is 12.2 Å². The first kappa shape index (κ1) is 12.5. The van der Waals surface area contributed by atoms with Crippen LogP contribution in [0, 0.1) is 5.82 Å². The van der Waals surface area contributed by atoms with Crippen molar-refractivity contribution in [3.8, 4) is 0 Å². The fraction of sp³-hybridized carbons (Fsp3) is 0.462. The minimum atomic E-state index is -0.184. The van der Waals surface area contributed by atoms with Gasteiger partial charge < -0.3 is 5.73 Å². The first-order chi connectivity index (χ1) is 8.08. The van der Waals surface area contributed by atoms with Crippen LogP contribution in [-0.2, 0) is 6.54 Å². The molecule has 0 aromatic heterocycles. The van der Waals surface area contributed by atoms with Crippen LogP contribution in [0.4, 0.5) is 4.39 Å². The van der Waals surface area contributed by atoms with E-state index in [0.29, 0.717) is 23.1 Å². The molecule has 0 spiro atoms. The molecule has 0 heterocycles. The van der Waals surface area contributed by atoms with E-state index >= 15 is 0 Å². The van der Waals surface area contributed by atoms with Crippen LogP contribution < -0.4 is 5.73 Å². The normalized spacial score (nSPS) is 15.9. The van der Waals surface area contributed by atoms with E-state index in [4.69, 9.17) is 18.0 Å². The molecule has 2 N–H and O–H groups in total. The van der Waals surface area contributed by atoms with E-state index in [9.17, 15) is 4.39 Å². The lowest BCUT2D eigenvalue weighted by Gasteiger charge is -2.34. The molecule has 1 fully saturated rings. The average molecular weight is 252 g/mol. The number of benzene rings is 1. The van der Waals surface area contributed by atoms with Gasteiger partial charge in [-0.25, -0.2) is 4.39 Å². The van der Waals surface area contributed by atoms with Crippen molar-refractivity contribution < 1.29 is 4.39 Å². The lowest BCUT2D eigenvalue weighted by molar-refractivity contribution is 0.151. The second kappa shape index (κ2) is 5.10. The third kappa shape index (κ3) is 2.82. The maximum Gasteiger partial charge on any atom is 0.127 e. The number of hydrogen-bond donors (Lipinski definition) is 1. The SMILES string of the molecule is CN(Cc1cc(C(N)=S)ccc1F)C1CCC1. The van der Waals surface area contributed by atoms with Crippen LogP contribution in [0.25, 0.3) is 0 Å². The number of rotatable bonds is 4. The molecular weight excluding hydrogens is 235 g/mol. The molecule has 2 nitrogen and oxygen atoms in total. The highest BCUT2D eigenvalue weighted by Crippen LogP contribution is 2.25. The van der Waals surface area contributed by atoms with Crippen LogP contribution in [0.2, 0.25) is 0 Å². The molecular formula is C13H17FN2S. The van der Waals surface area contributed by atoms with Gasteiger partial charge in [0.05, 0.1) is 0 Å². The molecule has 0 radical (unpaired) electrons. The first-order valence-electron chi connectivity index (χ1n) is 5.86. The molecule has 1 aliphatic rings. The van der Waals surface area contributed by atoms with Crippen LogP contribution in [0.5, 0.6) is 0 Å². The Morgan fingerprint density at radius 2 is 2.24 bits per heavy atom. The Bertz CT molecular complexity index is 429. The van der Waals surface area contributed by atoms with Gasteiger partial charge in [-0.3, -0.25) is 4.90 Å². The summed E-state index contributed by atoms with van der Waals surface area (Å²) in [6.45, 7) is 0.618. The minimum absolute atomic E-state index is 0.184. The topological polar surface area (TPSA) is 29.3 Å². The summed E-state index contributed by atoms with van der Waals surface area (Å²) in [6.07, 6.45) is 3.71. The highest BCUT2D eigenvalue weighted by molar-refractivity contribution is 7.80. The predicted octanol–water partition coefficient (Wildman–Crippen LogP) is 2.44. The Kier molecular flexibility index (Phi) is 3.74. The summed E-state index contributed by atoms with van der Waals surface area (Å²) in [5.74, 6) is -0.184. The van der Waals surface area contributed by atoms with Gasteiger partial charge in [0, 0.05) is 23.7 Å². The molecule has 4 heteroatoms. The van der Waals surface area contributed by atoms with Gasteiger partial charge in [-0.1, -0.05) is 18.6 Å². The summed E-state index contributed by atoms with van der Waals surface area (Å²) < 4.78 is 13.7. The highest BCUT2D eigenvalue weighted by atomic mass is 32.1. The zero-order valence-corrected chi connectivity index (χ0v) is 10.8. The van der Waals surface area contributed by atoms with Crippen molar-refractivity contribution in [1.29, 1.82) is 0 Å². The summed E-state index contributed by atoms with van der Waals surface area (Å²) >= 11 is 4.91. The molecule has 1 aliphatic carbocycles. The number of thiocarbonyl (C=S) groups is 1. The Labute approximate surface area is 107 Å². The second-order valence-corrected chi connectivity index (χ2v) is 5.11. The molecule has 92 valence electrons. The lowest BCUT2D eigenvalue weighted by Crippen LogP contribution is -2.36. The maximum absolute atomic E-state index is 13.7. The van der Waals surface area contributed by atoms with E-state index < -0.39 is 0 Å². The molecule has 1 aromatic carbocycles. The zero-order valence-electron chi connectivity index (χ0n) is 9.95. The van der Waals surface area contributed by atoms with Crippen molar-refractivity contribution in [2.24, 2.45) is 5.73 Å². The quantitative estimate of drug-likeness (QED) is 0.835. The summed E-state index contributed by atoms with van der Waals surface area (Å²) in [5.41, 5.74) is 6.96. The van der Waals surface area contributed by atoms with Gasteiger partial charge in [0.25, 0.3) is 0 Å². The van der Waals surface area contributed by atoms with Gasteiger partial charge in [0.2, 0.25) is 0 Å². The second-order valence-electron chi connectivity index (χ2n) is 4.67. The fourth-order valence-corrected chi connectivity index (χ4v) is 2.20. The summed E-state index contributed by atoms with van der Waals surface area (Å²) in [4.78, 5) is 2.52. The van der Waals surface area contributed by atoms with E-state index in [-0.39, 0.29) is 5.82 Å². The molecule has 0 aliphatic heterocycles. The molecule has 2 rings (SSSR count). The Hall–Kier alpha value is -1.00. The van der Waals surface area contributed by atoms with Crippen LogP contribution in [-0.4, -0.2) is 23.0 Å². The van der Waals surface area contributed by atoms with Crippen LogP contribution in [0.15, 0.2) is 18.2 Å². The number of nitrogens with two attached hydrogens (primary N) is 1. The monoisotopic (exact) mass is 252 g/mol. The zero-order chi connectivity index (χ0) is 12.4. The van der Waals surface area contributed by atoms with E-state index in [1.807, 2.05) is 7.05 Å². The van der Waals surface area contributed by atoms with Crippen LogP contribution in [0.1, 0.15) is 30.4 Å². The van der Waals surface area contributed by atoms with Crippen LogP contribution in [0.3, 0.4) is 0 Å². The largest absolute Gasteiger partial charge is 0.389 e. The van der Waals surface area contributed by atoms with Gasteiger partial charge in [0.1, 0.15) is 10.8 Å². The Morgan fingerprint density at radius 1 is 1.53 bits per heavy atom. The van der Waals surface area contributed by atoms with Crippen molar-refractivity contribution >= 4 is 17.2 Å².